The Morgan fingerprint density at radius 3 is 2.25 bits per heavy atom. The molecule has 0 unspecified atom stereocenters. The van der Waals surface area contributed by atoms with Crippen molar-refractivity contribution >= 4 is 0 Å². The van der Waals surface area contributed by atoms with E-state index in [4.69, 9.17) is 10.2 Å². The zero-order valence-corrected chi connectivity index (χ0v) is 7.88. The highest BCUT2D eigenvalue weighted by molar-refractivity contribution is 5.03. The molecular weight excluding hydrogens is 153 g/mol. The van der Waals surface area contributed by atoms with Crippen LogP contribution in [-0.4, -0.2) is 23.4 Å². The van der Waals surface area contributed by atoms with E-state index in [9.17, 15) is 0 Å². The molecule has 0 aromatic rings. The number of aliphatic hydroxyl groups excluding tert-OH is 2. The highest BCUT2D eigenvalue weighted by Crippen LogP contribution is 2.05. The van der Waals surface area contributed by atoms with Crippen LogP contribution in [0.2, 0.25) is 0 Å². The molecule has 0 amide bonds. The molecule has 0 aliphatic rings. The summed E-state index contributed by atoms with van der Waals surface area (Å²) in [6.45, 7) is 4.17. The van der Waals surface area contributed by atoms with Gasteiger partial charge in [0.05, 0.1) is 13.2 Å². The molecule has 0 aromatic carbocycles. The fourth-order valence-corrected chi connectivity index (χ4v) is 0.869. The summed E-state index contributed by atoms with van der Waals surface area (Å²) in [6.07, 6.45) is 5.73. The average Bonchev–Trinajstić information content (AvgIpc) is 2.04. The summed E-state index contributed by atoms with van der Waals surface area (Å²) in [5.41, 5.74) is 2.20. The smallest absolute Gasteiger partial charge is 0.0639 e. The second kappa shape index (κ2) is 7.07. The molecule has 0 rings (SSSR count). The number of aliphatic hydroxyl groups is 2. The summed E-state index contributed by atoms with van der Waals surface area (Å²) in [7, 11) is 0. The summed E-state index contributed by atoms with van der Waals surface area (Å²) < 4.78 is 0. The molecule has 0 saturated heterocycles. The first-order valence-corrected chi connectivity index (χ1v) is 4.23. The Kier molecular flexibility index (Phi) is 6.72. The third-order valence-corrected chi connectivity index (χ3v) is 1.72. The molecule has 0 aliphatic carbocycles. The van der Waals surface area contributed by atoms with Gasteiger partial charge in [0.25, 0.3) is 0 Å². The van der Waals surface area contributed by atoms with Crippen LogP contribution in [0.4, 0.5) is 0 Å². The third-order valence-electron chi connectivity index (χ3n) is 1.72. The van der Waals surface area contributed by atoms with Crippen LogP contribution >= 0.6 is 0 Å². The Hall–Kier alpha value is -0.600. The van der Waals surface area contributed by atoms with Crippen molar-refractivity contribution in [2.24, 2.45) is 0 Å². The van der Waals surface area contributed by atoms with E-state index in [2.05, 4.69) is 0 Å². The minimum absolute atomic E-state index is 0.120. The van der Waals surface area contributed by atoms with Crippen molar-refractivity contribution in [1.82, 2.24) is 0 Å². The lowest BCUT2D eigenvalue weighted by atomic mass is 10.1. The van der Waals surface area contributed by atoms with Crippen LogP contribution in [0.3, 0.4) is 0 Å². The first kappa shape index (κ1) is 11.4. The molecule has 0 spiro atoms. The van der Waals surface area contributed by atoms with Crippen LogP contribution in [0.15, 0.2) is 23.3 Å². The van der Waals surface area contributed by atoms with E-state index >= 15 is 0 Å². The van der Waals surface area contributed by atoms with Crippen molar-refractivity contribution in [3.05, 3.63) is 23.3 Å². The molecule has 0 aromatic heterocycles. The van der Waals surface area contributed by atoms with Gasteiger partial charge in [-0.25, -0.2) is 0 Å². The Balaban J connectivity index is 3.62. The normalized spacial score (nSPS) is 13.7. The highest BCUT2D eigenvalue weighted by Gasteiger charge is 1.88. The van der Waals surface area contributed by atoms with Crippen molar-refractivity contribution in [3.63, 3.8) is 0 Å². The Morgan fingerprint density at radius 2 is 1.75 bits per heavy atom. The third kappa shape index (κ3) is 6.13. The molecule has 0 radical (unpaired) electrons. The van der Waals surface area contributed by atoms with E-state index < -0.39 is 0 Å². The number of rotatable bonds is 5. The molecule has 2 heteroatoms. The van der Waals surface area contributed by atoms with Gasteiger partial charge >= 0.3 is 0 Å². The summed E-state index contributed by atoms with van der Waals surface area (Å²) in [4.78, 5) is 0. The Labute approximate surface area is 74.2 Å². The van der Waals surface area contributed by atoms with Gasteiger partial charge in [-0.3, -0.25) is 0 Å². The van der Waals surface area contributed by atoms with Gasteiger partial charge < -0.3 is 10.2 Å². The van der Waals surface area contributed by atoms with E-state index in [0.29, 0.717) is 0 Å². The lowest BCUT2D eigenvalue weighted by Crippen LogP contribution is -1.85. The maximum Gasteiger partial charge on any atom is 0.0639 e. The van der Waals surface area contributed by atoms with Crippen LogP contribution in [0.5, 0.6) is 0 Å². The molecule has 0 aliphatic heterocycles. The van der Waals surface area contributed by atoms with Gasteiger partial charge in [-0.1, -0.05) is 23.3 Å². The van der Waals surface area contributed by atoms with E-state index in [1.165, 1.54) is 5.57 Å². The van der Waals surface area contributed by atoms with Crippen molar-refractivity contribution in [2.45, 2.75) is 26.7 Å². The maximum absolute atomic E-state index is 8.68. The summed E-state index contributed by atoms with van der Waals surface area (Å²) >= 11 is 0. The van der Waals surface area contributed by atoms with Crippen LogP contribution in [0.25, 0.3) is 0 Å². The predicted molar refractivity (Wildman–Crippen MR) is 50.9 cm³/mol. The van der Waals surface area contributed by atoms with Crippen LogP contribution in [0.1, 0.15) is 26.7 Å². The second-order valence-electron chi connectivity index (χ2n) is 2.98. The fraction of sp³-hybridized carbons (Fsp3) is 0.600. The van der Waals surface area contributed by atoms with Crippen LogP contribution in [0, 0.1) is 0 Å². The van der Waals surface area contributed by atoms with Crippen molar-refractivity contribution in [3.8, 4) is 0 Å². The average molecular weight is 171 g/mol. The van der Waals surface area contributed by atoms with Gasteiger partial charge in [0.1, 0.15) is 0 Å². The van der Waals surface area contributed by atoms with Gasteiger partial charge in [0, 0.05) is 0 Å². The number of allylic oxidation sites excluding steroid dienone is 2. The SMILES string of the molecule is C/C(=C\CO)CC/C=C(\[13CH3])CO. The second-order valence-corrected chi connectivity index (χ2v) is 2.98. The first-order valence-electron chi connectivity index (χ1n) is 4.23. The van der Waals surface area contributed by atoms with E-state index in [-0.39, 0.29) is 13.2 Å². The molecule has 70 valence electrons. The van der Waals surface area contributed by atoms with Gasteiger partial charge in [0.15, 0.2) is 0 Å². The standard InChI is InChI=1S/C10H18O2/c1-9(6-7-11)4-3-5-10(2)8-12/h5-6,11-12H,3-4,7-8H2,1-2H3/b9-6+,10-5+/i2+1. The van der Waals surface area contributed by atoms with Gasteiger partial charge in [-0.05, 0) is 26.7 Å². The van der Waals surface area contributed by atoms with E-state index in [0.717, 1.165) is 18.4 Å². The minimum atomic E-state index is 0.120. The Morgan fingerprint density at radius 1 is 1.08 bits per heavy atom. The molecular formula is C10H18O2. The molecule has 2 N–H and O–H groups in total. The number of hydrogen-bond acceptors (Lipinski definition) is 2. The lowest BCUT2D eigenvalue weighted by molar-refractivity contribution is 0.331. The molecule has 0 fully saturated rings. The number of hydrogen-bond donors (Lipinski definition) is 2. The van der Waals surface area contributed by atoms with E-state index in [1.54, 1.807) is 0 Å². The quantitative estimate of drug-likeness (QED) is 0.487. The zero-order chi connectivity index (χ0) is 9.40. The van der Waals surface area contributed by atoms with Gasteiger partial charge in [0.2, 0.25) is 0 Å². The summed E-state index contributed by atoms with van der Waals surface area (Å²) in [5, 5.41) is 17.2. The highest BCUT2D eigenvalue weighted by atomic mass is 16.3. The maximum atomic E-state index is 8.68. The van der Waals surface area contributed by atoms with Crippen LogP contribution < -0.4 is 0 Å². The molecule has 2 nitrogen and oxygen atoms in total. The molecule has 0 bridgehead atoms. The monoisotopic (exact) mass is 171 g/mol. The van der Waals surface area contributed by atoms with E-state index in [1.807, 2.05) is 26.0 Å². The van der Waals surface area contributed by atoms with Crippen LogP contribution in [-0.2, 0) is 0 Å². The molecule has 0 atom stereocenters. The van der Waals surface area contributed by atoms with Crippen molar-refractivity contribution in [1.29, 1.82) is 0 Å². The largest absolute Gasteiger partial charge is 0.392 e. The topological polar surface area (TPSA) is 40.5 Å². The summed E-state index contributed by atoms with van der Waals surface area (Å²) in [5.74, 6) is 0. The predicted octanol–water partition coefficient (Wildman–Crippen LogP) is 1.64. The molecule has 0 heterocycles. The zero-order valence-electron chi connectivity index (χ0n) is 7.88. The molecule has 0 saturated carbocycles. The minimum Gasteiger partial charge on any atom is -0.392 e. The summed E-state index contributed by atoms with van der Waals surface area (Å²) in [6, 6.07) is 0. The Bertz CT molecular complexity index is 169. The van der Waals surface area contributed by atoms with Crippen molar-refractivity contribution < 1.29 is 10.2 Å². The van der Waals surface area contributed by atoms with Gasteiger partial charge in [-0.15, -0.1) is 0 Å². The lowest BCUT2D eigenvalue weighted by Gasteiger charge is -1.97. The van der Waals surface area contributed by atoms with Gasteiger partial charge in [-0.2, -0.15) is 0 Å². The fourth-order valence-electron chi connectivity index (χ4n) is 0.869. The van der Waals surface area contributed by atoms with Crippen molar-refractivity contribution in [2.75, 3.05) is 13.2 Å². The first-order chi connectivity index (χ1) is 5.70. The molecule has 12 heavy (non-hydrogen) atoms.